The number of benzene rings is 2. The Morgan fingerprint density at radius 1 is 1.19 bits per heavy atom. The minimum absolute atomic E-state index is 0.0206. The number of hydrogen-bond acceptors (Lipinski definition) is 5. The number of thiocarbonyl (C=S) groups is 1. The molecule has 0 unspecified atom stereocenters. The zero-order chi connectivity index (χ0) is 18.1. The van der Waals surface area contributed by atoms with Crippen molar-refractivity contribution in [2.24, 2.45) is 0 Å². The van der Waals surface area contributed by atoms with Crippen molar-refractivity contribution in [2.45, 2.75) is 6.54 Å². The van der Waals surface area contributed by atoms with Crippen LogP contribution in [0.1, 0.15) is 11.1 Å². The van der Waals surface area contributed by atoms with Crippen molar-refractivity contribution in [3.05, 3.63) is 64.6 Å². The average Bonchev–Trinajstić information content (AvgIpc) is 2.95. The van der Waals surface area contributed by atoms with Gasteiger partial charge in [-0.1, -0.05) is 60.4 Å². The van der Waals surface area contributed by atoms with Crippen LogP contribution in [0.4, 0.5) is 5.69 Å². The Morgan fingerprint density at radius 2 is 2.00 bits per heavy atom. The van der Waals surface area contributed by atoms with Crippen LogP contribution in [0.2, 0.25) is 0 Å². The summed E-state index contributed by atoms with van der Waals surface area (Å²) in [6, 6.07) is 15.3. The van der Waals surface area contributed by atoms with E-state index in [2.05, 4.69) is 5.32 Å². The van der Waals surface area contributed by atoms with Crippen molar-refractivity contribution in [1.82, 2.24) is 5.32 Å². The lowest BCUT2D eigenvalue weighted by atomic mass is 10.1. The van der Waals surface area contributed by atoms with Gasteiger partial charge in [0, 0.05) is 0 Å². The maximum Gasteiger partial charge on any atom is 0.265 e. The minimum atomic E-state index is -0.203. The number of nitrogens with one attached hydrogen (secondary N) is 1. The van der Waals surface area contributed by atoms with Gasteiger partial charge in [0.2, 0.25) is 0 Å². The molecule has 1 N–H and O–H groups in total. The summed E-state index contributed by atoms with van der Waals surface area (Å²) in [4.78, 5) is 26.5. The zero-order valence-electron chi connectivity index (χ0n) is 13.6. The lowest BCUT2D eigenvalue weighted by molar-refractivity contribution is -0.121. The van der Waals surface area contributed by atoms with Gasteiger partial charge in [0.1, 0.15) is 10.1 Å². The summed E-state index contributed by atoms with van der Waals surface area (Å²) in [5, 5.41) is 2.60. The number of hydrogen-bond donors (Lipinski definition) is 1. The number of carbonyl (C=O) groups is 2. The molecule has 0 saturated carbocycles. The fraction of sp³-hybridized carbons (Fsp3) is 0.105. The molecule has 1 fully saturated rings. The van der Waals surface area contributed by atoms with Crippen LogP contribution in [-0.4, -0.2) is 22.7 Å². The predicted octanol–water partition coefficient (Wildman–Crippen LogP) is 3.10. The Morgan fingerprint density at radius 3 is 2.73 bits per heavy atom. The van der Waals surface area contributed by atoms with E-state index in [0.717, 1.165) is 11.1 Å². The summed E-state index contributed by atoms with van der Waals surface area (Å²) in [5.74, 6) is 0.355. The Bertz CT molecular complexity index is 941. The van der Waals surface area contributed by atoms with Gasteiger partial charge in [-0.25, -0.2) is 0 Å². The van der Waals surface area contributed by atoms with Crippen LogP contribution in [0.25, 0.3) is 6.08 Å². The SMILES string of the molecule is O=C1NC(=S)S/C1=C\c1ccc2c(c1)N(Cc1ccccc1)C(=O)CO2. The van der Waals surface area contributed by atoms with Crippen LogP contribution in [0, 0.1) is 0 Å². The number of fused-ring (bicyclic) bond motifs is 1. The smallest absolute Gasteiger partial charge is 0.265 e. The van der Waals surface area contributed by atoms with Crippen molar-refractivity contribution in [3.63, 3.8) is 0 Å². The standard InChI is InChI=1S/C19H14N2O3S2/c22-17-11-24-15-7-6-13(9-16-18(23)20-19(25)26-16)8-14(15)21(17)10-12-4-2-1-3-5-12/h1-9H,10-11H2,(H,20,23,25)/b16-9-. The van der Waals surface area contributed by atoms with Crippen LogP contribution < -0.4 is 15.0 Å². The van der Waals surface area contributed by atoms with Crippen LogP contribution in [0.5, 0.6) is 5.75 Å². The third kappa shape index (κ3) is 3.36. The van der Waals surface area contributed by atoms with Crippen molar-refractivity contribution >= 4 is 51.9 Å². The first-order chi connectivity index (χ1) is 12.6. The molecular formula is C19H14N2O3S2. The number of carbonyl (C=O) groups excluding carboxylic acids is 2. The Balaban J connectivity index is 1.68. The summed E-state index contributed by atoms with van der Waals surface area (Å²) in [7, 11) is 0. The van der Waals surface area contributed by atoms with Crippen LogP contribution >= 0.6 is 24.0 Å². The molecule has 2 aromatic rings. The quantitative estimate of drug-likeness (QED) is 0.653. The number of anilines is 1. The summed E-state index contributed by atoms with van der Waals surface area (Å²) in [6.45, 7) is 0.488. The van der Waals surface area contributed by atoms with Gasteiger partial charge in [0.15, 0.2) is 6.61 Å². The molecule has 130 valence electrons. The van der Waals surface area contributed by atoms with Crippen LogP contribution in [0.15, 0.2) is 53.4 Å². The number of nitrogens with zero attached hydrogens (tertiary/aromatic N) is 1. The van der Waals surface area contributed by atoms with Crippen molar-refractivity contribution in [3.8, 4) is 5.75 Å². The van der Waals surface area contributed by atoms with Gasteiger partial charge in [-0.15, -0.1) is 0 Å². The van der Waals surface area contributed by atoms with E-state index in [9.17, 15) is 9.59 Å². The molecule has 2 heterocycles. The topological polar surface area (TPSA) is 58.6 Å². The van der Waals surface area contributed by atoms with Gasteiger partial charge in [-0.2, -0.15) is 0 Å². The molecule has 0 radical (unpaired) electrons. The van der Waals surface area contributed by atoms with E-state index in [1.807, 2.05) is 48.5 Å². The second kappa shape index (κ2) is 6.93. The number of rotatable bonds is 3. The Labute approximate surface area is 160 Å². The third-order valence-electron chi connectivity index (χ3n) is 4.05. The molecule has 26 heavy (non-hydrogen) atoms. The molecule has 5 nitrogen and oxygen atoms in total. The highest BCUT2D eigenvalue weighted by atomic mass is 32.2. The first-order valence-electron chi connectivity index (χ1n) is 7.96. The summed E-state index contributed by atoms with van der Waals surface area (Å²) >= 11 is 6.24. The van der Waals surface area contributed by atoms with E-state index >= 15 is 0 Å². The van der Waals surface area contributed by atoms with Gasteiger partial charge in [-0.05, 0) is 29.3 Å². The lowest BCUT2D eigenvalue weighted by Crippen LogP contribution is -2.38. The second-order valence-corrected chi connectivity index (χ2v) is 7.55. The highest BCUT2D eigenvalue weighted by molar-refractivity contribution is 8.26. The molecule has 0 aromatic heterocycles. The van der Waals surface area contributed by atoms with E-state index in [1.54, 1.807) is 11.0 Å². The molecule has 0 aliphatic carbocycles. The molecule has 7 heteroatoms. The number of amides is 2. The predicted molar refractivity (Wildman–Crippen MR) is 106 cm³/mol. The van der Waals surface area contributed by atoms with E-state index in [-0.39, 0.29) is 18.4 Å². The Hall–Kier alpha value is -2.64. The van der Waals surface area contributed by atoms with Gasteiger partial charge < -0.3 is 15.0 Å². The minimum Gasteiger partial charge on any atom is -0.482 e. The number of ether oxygens (including phenoxy) is 1. The molecular weight excluding hydrogens is 368 g/mol. The summed E-state index contributed by atoms with van der Waals surface area (Å²) in [6.07, 6.45) is 1.76. The molecule has 0 spiro atoms. The summed E-state index contributed by atoms with van der Waals surface area (Å²) in [5.41, 5.74) is 2.54. The first-order valence-corrected chi connectivity index (χ1v) is 9.18. The molecule has 4 rings (SSSR count). The van der Waals surface area contributed by atoms with E-state index in [0.29, 0.717) is 27.2 Å². The summed E-state index contributed by atoms with van der Waals surface area (Å²) < 4.78 is 6.00. The van der Waals surface area contributed by atoms with E-state index in [4.69, 9.17) is 17.0 Å². The molecule has 2 aliphatic rings. The molecule has 0 bridgehead atoms. The van der Waals surface area contributed by atoms with Crippen molar-refractivity contribution < 1.29 is 14.3 Å². The van der Waals surface area contributed by atoms with E-state index in [1.165, 1.54) is 11.8 Å². The van der Waals surface area contributed by atoms with Crippen LogP contribution in [-0.2, 0) is 16.1 Å². The molecule has 0 atom stereocenters. The van der Waals surface area contributed by atoms with Crippen molar-refractivity contribution in [2.75, 3.05) is 11.5 Å². The second-order valence-electron chi connectivity index (χ2n) is 5.83. The fourth-order valence-electron chi connectivity index (χ4n) is 2.82. The molecule has 2 aromatic carbocycles. The maximum atomic E-state index is 12.4. The maximum absolute atomic E-state index is 12.4. The largest absolute Gasteiger partial charge is 0.482 e. The van der Waals surface area contributed by atoms with Gasteiger partial charge in [0.25, 0.3) is 11.8 Å². The number of thioether (sulfide) groups is 1. The van der Waals surface area contributed by atoms with Gasteiger partial charge >= 0.3 is 0 Å². The van der Waals surface area contributed by atoms with Gasteiger partial charge in [-0.3, -0.25) is 9.59 Å². The van der Waals surface area contributed by atoms with E-state index < -0.39 is 0 Å². The zero-order valence-corrected chi connectivity index (χ0v) is 15.2. The lowest BCUT2D eigenvalue weighted by Gasteiger charge is -2.29. The van der Waals surface area contributed by atoms with Crippen molar-refractivity contribution in [1.29, 1.82) is 0 Å². The molecule has 2 aliphatic heterocycles. The highest BCUT2D eigenvalue weighted by Gasteiger charge is 2.26. The molecule has 1 saturated heterocycles. The first kappa shape index (κ1) is 16.8. The Kier molecular flexibility index (Phi) is 4.48. The average molecular weight is 382 g/mol. The highest BCUT2D eigenvalue weighted by Crippen LogP contribution is 2.35. The fourth-order valence-corrected chi connectivity index (χ4v) is 3.86. The van der Waals surface area contributed by atoms with Gasteiger partial charge in [0.05, 0.1) is 17.1 Å². The monoisotopic (exact) mass is 382 g/mol. The third-order valence-corrected chi connectivity index (χ3v) is 5.21. The molecule has 2 amide bonds. The van der Waals surface area contributed by atoms with Crippen LogP contribution in [0.3, 0.4) is 0 Å². The normalized spacial score (nSPS) is 17.9.